The van der Waals surface area contributed by atoms with E-state index in [1.807, 2.05) is 30.5 Å². The number of carbonyl (C=O) groups excluding carboxylic acids is 1. The van der Waals surface area contributed by atoms with Crippen molar-refractivity contribution in [3.8, 4) is 6.01 Å². The van der Waals surface area contributed by atoms with Crippen LogP contribution in [0.15, 0.2) is 30.5 Å². The van der Waals surface area contributed by atoms with E-state index in [9.17, 15) is 4.79 Å². The summed E-state index contributed by atoms with van der Waals surface area (Å²) >= 11 is 0. The quantitative estimate of drug-likeness (QED) is 0.357. The SMILES string of the molecule is CC(C)c1cnn2c(NCc3ccccc3NC(=O)NC3CCCCC3)nc(OC3CCCNC3)nc12. The number of hydrogen-bond donors (Lipinski definition) is 4. The molecule has 0 spiro atoms. The molecule has 37 heavy (non-hydrogen) atoms. The number of rotatable bonds is 8. The number of aromatic nitrogens is 4. The molecule has 1 saturated carbocycles. The number of piperidine rings is 1. The number of ether oxygens (including phenoxy) is 1. The van der Waals surface area contributed by atoms with Crippen molar-refractivity contribution in [2.24, 2.45) is 0 Å². The van der Waals surface area contributed by atoms with Crippen molar-refractivity contribution < 1.29 is 9.53 Å². The van der Waals surface area contributed by atoms with Gasteiger partial charge in [-0.25, -0.2) is 4.79 Å². The monoisotopic (exact) mass is 506 g/mol. The first-order chi connectivity index (χ1) is 18.1. The van der Waals surface area contributed by atoms with Crippen LogP contribution < -0.4 is 26.0 Å². The van der Waals surface area contributed by atoms with E-state index in [4.69, 9.17) is 9.72 Å². The highest BCUT2D eigenvalue weighted by atomic mass is 16.5. The number of nitrogens with one attached hydrogen (secondary N) is 4. The number of carbonyl (C=O) groups is 1. The Morgan fingerprint density at radius 1 is 1.14 bits per heavy atom. The van der Waals surface area contributed by atoms with Gasteiger partial charge in [0.15, 0.2) is 5.65 Å². The van der Waals surface area contributed by atoms with Gasteiger partial charge in [-0.15, -0.1) is 0 Å². The van der Waals surface area contributed by atoms with Gasteiger partial charge >= 0.3 is 12.0 Å². The van der Waals surface area contributed by atoms with Crippen molar-refractivity contribution in [2.45, 2.75) is 83.4 Å². The van der Waals surface area contributed by atoms with E-state index in [0.717, 1.165) is 61.2 Å². The smallest absolute Gasteiger partial charge is 0.322 e. The number of amides is 2. The molecule has 2 fully saturated rings. The van der Waals surface area contributed by atoms with Gasteiger partial charge in [-0.05, 0) is 49.8 Å². The molecule has 10 nitrogen and oxygen atoms in total. The van der Waals surface area contributed by atoms with Gasteiger partial charge in [-0.2, -0.15) is 19.6 Å². The van der Waals surface area contributed by atoms with Gasteiger partial charge in [0.1, 0.15) is 6.10 Å². The van der Waals surface area contributed by atoms with Gasteiger partial charge in [-0.3, -0.25) is 0 Å². The van der Waals surface area contributed by atoms with Crippen LogP contribution in [0.5, 0.6) is 6.01 Å². The Balaban J connectivity index is 1.33. The van der Waals surface area contributed by atoms with Crippen LogP contribution in [0.1, 0.15) is 75.8 Å². The number of nitrogens with zero attached hydrogens (tertiary/aromatic N) is 4. The molecule has 2 amide bonds. The number of benzene rings is 1. The molecule has 3 aromatic rings. The summed E-state index contributed by atoms with van der Waals surface area (Å²) in [7, 11) is 0. The van der Waals surface area contributed by atoms with E-state index in [1.54, 1.807) is 4.52 Å². The zero-order chi connectivity index (χ0) is 25.6. The maximum Gasteiger partial charge on any atom is 0.322 e. The molecule has 4 N–H and O–H groups in total. The van der Waals surface area contributed by atoms with E-state index in [1.165, 1.54) is 19.3 Å². The van der Waals surface area contributed by atoms with Crippen LogP contribution in [0, 0.1) is 0 Å². The van der Waals surface area contributed by atoms with Crippen LogP contribution in [0.25, 0.3) is 5.65 Å². The lowest BCUT2D eigenvalue weighted by Crippen LogP contribution is -2.39. The summed E-state index contributed by atoms with van der Waals surface area (Å²) in [5.74, 6) is 0.814. The second kappa shape index (κ2) is 11.8. The molecule has 0 bridgehead atoms. The Morgan fingerprint density at radius 2 is 1.97 bits per heavy atom. The Hall–Kier alpha value is -3.40. The van der Waals surface area contributed by atoms with Crippen molar-refractivity contribution in [3.63, 3.8) is 0 Å². The summed E-state index contributed by atoms with van der Waals surface area (Å²) in [6.07, 6.45) is 9.63. The number of fused-ring (bicyclic) bond motifs is 1. The van der Waals surface area contributed by atoms with E-state index in [-0.39, 0.29) is 24.1 Å². The molecule has 5 rings (SSSR count). The molecule has 2 aromatic heterocycles. The third kappa shape index (κ3) is 6.30. The Bertz CT molecular complexity index is 1200. The average Bonchev–Trinajstić information content (AvgIpc) is 3.34. The van der Waals surface area contributed by atoms with E-state index in [2.05, 4.69) is 45.2 Å². The van der Waals surface area contributed by atoms with Crippen molar-refractivity contribution in [1.82, 2.24) is 30.2 Å². The Kier molecular flexibility index (Phi) is 8.03. The van der Waals surface area contributed by atoms with E-state index in [0.29, 0.717) is 18.5 Å². The summed E-state index contributed by atoms with van der Waals surface area (Å²) in [5.41, 5.74) is 3.49. The first-order valence-electron chi connectivity index (χ1n) is 13.6. The zero-order valence-corrected chi connectivity index (χ0v) is 21.8. The molecule has 198 valence electrons. The van der Waals surface area contributed by atoms with Crippen LogP contribution >= 0.6 is 0 Å². The molecule has 1 aromatic carbocycles. The van der Waals surface area contributed by atoms with Gasteiger partial charge in [0.05, 0.1) is 6.20 Å². The van der Waals surface area contributed by atoms with Crippen molar-refractivity contribution in [3.05, 3.63) is 41.6 Å². The molecule has 10 heteroatoms. The molecule has 1 atom stereocenters. The highest BCUT2D eigenvalue weighted by molar-refractivity contribution is 5.90. The topological polar surface area (TPSA) is 118 Å². The van der Waals surface area contributed by atoms with Gasteiger partial charge in [0.25, 0.3) is 0 Å². The van der Waals surface area contributed by atoms with Crippen LogP contribution in [-0.4, -0.2) is 50.8 Å². The second-order valence-electron chi connectivity index (χ2n) is 10.4. The maximum absolute atomic E-state index is 12.7. The highest BCUT2D eigenvalue weighted by Gasteiger charge is 2.21. The minimum atomic E-state index is -0.158. The van der Waals surface area contributed by atoms with Gasteiger partial charge < -0.3 is 26.0 Å². The largest absolute Gasteiger partial charge is 0.459 e. The fraction of sp³-hybridized carbons (Fsp3) is 0.556. The lowest BCUT2D eigenvalue weighted by molar-refractivity contribution is 0.153. The lowest BCUT2D eigenvalue weighted by atomic mass is 9.96. The lowest BCUT2D eigenvalue weighted by Gasteiger charge is -2.23. The molecule has 1 aliphatic heterocycles. The first kappa shape index (κ1) is 25.3. The molecule has 1 unspecified atom stereocenters. The van der Waals surface area contributed by atoms with Crippen LogP contribution in [0.2, 0.25) is 0 Å². The Labute approximate surface area is 218 Å². The number of anilines is 2. The molecule has 1 aliphatic carbocycles. The third-order valence-corrected chi connectivity index (χ3v) is 7.16. The predicted octanol–water partition coefficient (Wildman–Crippen LogP) is 4.44. The average molecular weight is 507 g/mol. The van der Waals surface area contributed by atoms with Crippen LogP contribution in [0.3, 0.4) is 0 Å². The van der Waals surface area contributed by atoms with Crippen molar-refractivity contribution in [1.29, 1.82) is 0 Å². The summed E-state index contributed by atoms with van der Waals surface area (Å²) in [6.45, 7) is 6.50. The fourth-order valence-electron chi connectivity index (χ4n) is 5.08. The summed E-state index contributed by atoms with van der Waals surface area (Å²) in [6, 6.07) is 8.25. The fourth-order valence-corrected chi connectivity index (χ4v) is 5.08. The minimum absolute atomic E-state index is 0.0436. The number of urea groups is 1. The first-order valence-corrected chi connectivity index (χ1v) is 13.6. The van der Waals surface area contributed by atoms with Crippen molar-refractivity contribution in [2.75, 3.05) is 23.7 Å². The van der Waals surface area contributed by atoms with Crippen molar-refractivity contribution >= 4 is 23.3 Å². The normalized spacial score (nSPS) is 18.6. The van der Waals surface area contributed by atoms with E-state index < -0.39 is 0 Å². The minimum Gasteiger partial charge on any atom is -0.459 e. The number of para-hydroxylation sites is 1. The zero-order valence-electron chi connectivity index (χ0n) is 21.8. The van der Waals surface area contributed by atoms with Gasteiger partial charge in [0, 0.05) is 30.4 Å². The van der Waals surface area contributed by atoms with Gasteiger partial charge in [-0.1, -0.05) is 51.3 Å². The molecular weight excluding hydrogens is 468 g/mol. The van der Waals surface area contributed by atoms with Gasteiger partial charge in [0.2, 0.25) is 5.95 Å². The predicted molar refractivity (Wildman–Crippen MR) is 144 cm³/mol. The second-order valence-corrected chi connectivity index (χ2v) is 10.4. The van der Waals surface area contributed by atoms with E-state index >= 15 is 0 Å². The van der Waals surface area contributed by atoms with Crippen LogP contribution in [-0.2, 0) is 6.54 Å². The standard InChI is InChI=1S/C27H38N8O2/c1-18(2)22-17-30-35-24(22)33-27(37-21-12-8-14-28-16-21)34-25(35)29-15-19-9-6-7-13-23(19)32-26(36)31-20-10-4-3-5-11-20/h6-7,9,13,17-18,20-21,28H,3-5,8,10-12,14-16H2,1-2H3,(H,29,33,34)(H2,31,32,36). The molecule has 2 aliphatic rings. The summed E-state index contributed by atoms with van der Waals surface area (Å²) in [4.78, 5) is 22.1. The van der Waals surface area contributed by atoms with Crippen LogP contribution in [0.4, 0.5) is 16.4 Å². The maximum atomic E-state index is 12.7. The molecule has 0 radical (unpaired) electrons. The molecule has 3 heterocycles. The molecule has 1 saturated heterocycles. The highest BCUT2D eigenvalue weighted by Crippen LogP contribution is 2.25. The summed E-state index contributed by atoms with van der Waals surface area (Å²) < 4.78 is 7.91. The Morgan fingerprint density at radius 3 is 2.76 bits per heavy atom. The number of hydrogen-bond acceptors (Lipinski definition) is 7. The summed E-state index contributed by atoms with van der Waals surface area (Å²) in [5, 5.41) is 17.5. The third-order valence-electron chi connectivity index (χ3n) is 7.16. The molecular formula is C27H38N8O2.